The zero-order valence-corrected chi connectivity index (χ0v) is 8.93. The molecule has 0 saturated carbocycles. The summed E-state index contributed by atoms with van der Waals surface area (Å²) in [5.74, 6) is 2.26. The summed E-state index contributed by atoms with van der Waals surface area (Å²) in [6.45, 7) is 9.05. The SMILES string of the molecule is CC(C)CCC(CC=N)C(C)C. The summed E-state index contributed by atoms with van der Waals surface area (Å²) in [6.07, 6.45) is 5.11. The average Bonchev–Trinajstić information content (AvgIpc) is 1.96. The van der Waals surface area contributed by atoms with E-state index in [9.17, 15) is 0 Å². The van der Waals surface area contributed by atoms with Crippen molar-refractivity contribution in [2.75, 3.05) is 0 Å². The van der Waals surface area contributed by atoms with Gasteiger partial charge < -0.3 is 5.41 Å². The largest absolute Gasteiger partial charge is 0.313 e. The van der Waals surface area contributed by atoms with Crippen molar-refractivity contribution >= 4 is 6.21 Å². The van der Waals surface area contributed by atoms with Gasteiger partial charge in [0.25, 0.3) is 0 Å². The van der Waals surface area contributed by atoms with Crippen LogP contribution in [0.1, 0.15) is 47.0 Å². The van der Waals surface area contributed by atoms with E-state index in [1.165, 1.54) is 12.8 Å². The first-order chi connectivity index (χ1) is 5.57. The second kappa shape index (κ2) is 6.22. The van der Waals surface area contributed by atoms with E-state index in [1.807, 2.05) is 0 Å². The van der Waals surface area contributed by atoms with E-state index in [-0.39, 0.29) is 0 Å². The highest BCUT2D eigenvalue weighted by atomic mass is 14.3. The minimum absolute atomic E-state index is 0.727. The maximum atomic E-state index is 7.09. The topological polar surface area (TPSA) is 23.9 Å². The fraction of sp³-hybridized carbons (Fsp3) is 0.909. The van der Waals surface area contributed by atoms with Gasteiger partial charge in [0.1, 0.15) is 0 Å². The van der Waals surface area contributed by atoms with Crippen molar-refractivity contribution in [2.45, 2.75) is 47.0 Å². The summed E-state index contributed by atoms with van der Waals surface area (Å²) in [4.78, 5) is 0. The fourth-order valence-corrected chi connectivity index (χ4v) is 1.42. The van der Waals surface area contributed by atoms with Crippen LogP contribution in [0.15, 0.2) is 0 Å². The van der Waals surface area contributed by atoms with E-state index in [1.54, 1.807) is 6.21 Å². The monoisotopic (exact) mass is 169 g/mol. The number of rotatable bonds is 6. The quantitative estimate of drug-likeness (QED) is 0.586. The van der Waals surface area contributed by atoms with E-state index in [4.69, 9.17) is 5.41 Å². The van der Waals surface area contributed by atoms with Gasteiger partial charge in [0.2, 0.25) is 0 Å². The normalized spacial score (nSPS) is 13.8. The predicted molar refractivity (Wildman–Crippen MR) is 55.8 cm³/mol. The van der Waals surface area contributed by atoms with Crippen LogP contribution < -0.4 is 0 Å². The third kappa shape index (κ3) is 5.34. The smallest absolute Gasteiger partial charge is 0.00449 e. The molecule has 0 aliphatic carbocycles. The molecule has 0 bridgehead atoms. The van der Waals surface area contributed by atoms with E-state index >= 15 is 0 Å². The van der Waals surface area contributed by atoms with Gasteiger partial charge in [-0.25, -0.2) is 0 Å². The number of hydrogen-bond donors (Lipinski definition) is 1. The van der Waals surface area contributed by atoms with Crippen LogP contribution in [0.5, 0.6) is 0 Å². The molecule has 1 nitrogen and oxygen atoms in total. The molecule has 12 heavy (non-hydrogen) atoms. The lowest BCUT2D eigenvalue weighted by molar-refractivity contribution is 0.342. The van der Waals surface area contributed by atoms with Gasteiger partial charge in [-0.1, -0.05) is 34.1 Å². The fourth-order valence-electron chi connectivity index (χ4n) is 1.42. The summed E-state index contributed by atoms with van der Waals surface area (Å²) >= 11 is 0. The molecule has 0 aliphatic heterocycles. The molecule has 0 radical (unpaired) electrons. The van der Waals surface area contributed by atoms with Gasteiger partial charge in [0, 0.05) is 0 Å². The molecule has 0 aromatic carbocycles. The average molecular weight is 169 g/mol. The first kappa shape index (κ1) is 11.7. The molecule has 0 amide bonds. The summed E-state index contributed by atoms with van der Waals surface area (Å²) in [5, 5.41) is 7.09. The molecule has 0 aliphatic rings. The van der Waals surface area contributed by atoms with E-state index in [0.29, 0.717) is 0 Å². The van der Waals surface area contributed by atoms with Crippen molar-refractivity contribution in [3.8, 4) is 0 Å². The lowest BCUT2D eigenvalue weighted by Crippen LogP contribution is -2.10. The van der Waals surface area contributed by atoms with Crippen LogP contribution in [-0.4, -0.2) is 6.21 Å². The second-order valence-electron chi connectivity index (χ2n) is 4.42. The van der Waals surface area contributed by atoms with Crippen LogP contribution in [0.25, 0.3) is 0 Å². The Labute approximate surface area is 77.1 Å². The maximum absolute atomic E-state index is 7.09. The molecule has 0 rings (SSSR count). The molecular weight excluding hydrogens is 146 g/mol. The minimum atomic E-state index is 0.727. The zero-order chi connectivity index (χ0) is 9.56. The molecule has 1 heteroatoms. The Morgan fingerprint density at radius 1 is 1.08 bits per heavy atom. The van der Waals surface area contributed by atoms with Crippen LogP contribution in [0.3, 0.4) is 0 Å². The summed E-state index contributed by atoms with van der Waals surface area (Å²) in [5.41, 5.74) is 0. The van der Waals surface area contributed by atoms with Gasteiger partial charge in [-0.05, 0) is 36.8 Å². The van der Waals surface area contributed by atoms with Gasteiger partial charge in [0.05, 0.1) is 0 Å². The Bertz CT molecular complexity index is 116. The molecule has 0 spiro atoms. The molecular formula is C11H23N. The molecule has 0 fully saturated rings. The third-order valence-electron chi connectivity index (χ3n) is 2.48. The Kier molecular flexibility index (Phi) is 6.04. The lowest BCUT2D eigenvalue weighted by atomic mass is 9.87. The van der Waals surface area contributed by atoms with Crippen molar-refractivity contribution in [1.82, 2.24) is 0 Å². The van der Waals surface area contributed by atoms with E-state index in [0.717, 1.165) is 24.2 Å². The summed E-state index contributed by atoms with van der Waals surface area (Å²) in [7, 11) is 0. The van der Waals surface area contributed by atoms with Crippen LogP contribution in [0, 0.1) is 23.2 Å². The van der Waals surface area contributed by atoms with Crippen molar-refractivity contribution < 1.29 is 0 Å². The predicted octanol–water partition coefficient (Wildman–Crippen LogP) is 3.73. The highest BCUT2D eigenvalue weighted by Gasteiger charge is 2.11. The van der Waals surface area contributed by atoms with Crippen molar-refractivity contribution in [1.29, 1.82) is 5.41 Å². The highest BCUT2D eigenvalue weighted by molar-refractivity contribution is 5.53. The third-order valence-corrected chi connectivity index (χ3v) is 2.48. The Morgan fingerprint density at radius 2 is 1.67 bits per heavy atom. The van der Waals surface area contributed by atoms with Gasteiger partial charge in [-0.2, -0.15) is 0 Å². The second-order valence-corrected chi connectivity index (χ2v) is 4.42. The maximum Gasteiger partial charge on any atom is -0.00449 e. The van der Waals surface area contributed by atoms with Crippen LogP contribution >= 0.6 is 0 Å². The molecule has 0 aromatic rings. The van der Waals surface area contributed by atoms with Crippen LogP contribution in [0.2, 0.25) is 0 Å². The van der Waals surface area contributed by atoms with Crippen molar-refractivity contribution in [2.24, 2.45) is 17.8 Å². The summed E-state index contributed by atoms with van der Waals surface area (Å²) < 4.78 is 0. The molecule has 0 heterocycles. The molecule has 0 saturated heterocycles. The Balaban J connectivity index is 3.70. The number of hydrogen-bond acceptors (Lipinski definition) is 1. The van der Waals surface area contributed by atoms with Crippen molar-refractivity contribution in [3.63, 3.8) is 0 Å². The Morgan fingerprint density at radius 3 is 2.00 bits per heavy atom. The molecule has 1 unspecified atom stereocenters. The number of nitrogens with one attached hydrogen (secondary N) is 1. The van der Waals surface area contributed by atoms with Gasteiger partial charge >= 0.3 is 0 Å². The van der Waals surface area contributed by atoms with E-state index < -0.39 is 0 Å². The minimum Gasteiger partial charge on any atom is -0.313 e. The standard InChI is InChI=1S/C11H23N/c1-9(2)5-6-11(7-8-12)10(3)4/h8-12H,5-7H2,1-4H3. The van der Waals surface area contributed by atoms with Crippen molar-refractivity contribution in [3.05, 3.63) is 0 Å². The van der Waals surface area contributed by atoms with Crippen LogP contribution in [0.4, 0.5) is 0 Å². The summed E-state index contributed by atoms with van der Waals surface area (Å²) in [6, 6.07) is 0. The molecule has 1 N–H and O–H groups in total. The van der Waals surface area contributed by atoms with E-state index in [2.05, 4.69) is 27.7 Å². The first-order valence-electron chi connectivity index (χ1n) is 5.06. The van der Waals surface area contributed by atoms with Gasteiger partial charge in [-0.15, -0.1) is 0 Å². The van der Waals surface area contributed by atoms with Crippen LogP contribution in [-0.2, 0) is 0 Å². The highest BCUT2D eigenvalue weighted by Crippen LogP contribution is 2.22. The molecule has 72 valence electrons. The first-order valence-corrected chi connectivity index (χ1v) is 5.06. The Hall–Kier alpha value is -0.330. The van der Waals surface area contributed by atoms with Gasteiger partial charge in [0.15, 0.2) is 0 Å². The molecule has 1 atom stereocenters. The zero-order valence-electron chi connectivity index (χ0n) is 8.93. The van der Waals surface area contributed by atoms with Gasteiger partial charge in [-0.3, -0.25) is 0 Å². The molecule has 0 aromatic heterocycles. The lowest BCUT2D eigenvalue weighted by Gasteiger charge is -2.19.